The molecule has 0 saturated carbocycles. The van der Waals surface area contributed by atoms with Crippen molar-refractivity contribution in [2.75, 3.05) is 13.2 Å². The van der Waals surface area contributed by atoms with Gasteiger partial charge in [0, 0.05) is 30.1 Å². The van der Waals surface area contributed by atoms with Crippen LogP contribution in [0, 0.1) is 59.9 Å². The van der Waals surface area contributed by atoms with Crippen LogP contribution in [-0.4, -0.2) is 19.2 Å². The quantitative estimate of drug-likeness (QED) is 0.121. The fourth-order valence-electron chi connectivity index (χ4n) is 2.41. The number of hydrogen-bond acceptors (Lipinski definition) is 4. The van der Waals surface area contributed by atoms with E-state index in [9.17, 15) is 4.79 Å². The van der Waals surface area contributed by atoms with Crippen molar-refractivity contribution in [1.29, 1.82) is 0 Å². The summed E-state index contributed by atoms with van der Waals surface area (Å²) in [5.74, 6) is 19.2. The van der Waals surface area contributed by atoms with E-state index in [1.165, 1.54) is 32.1 Å². The predicted molar refractivity (Wildman–Crippen MR) is 119 cm³/mol. The van der Waals surface area contributed by atoms with Crippen LogP contribution in [0.1, 0.15) is 84.0 Å². The number of terminal acetylenes is 1. The summed E-state index contributed by atoms with van der Waals surface area (Å²) in [6, 6.07) is 0. The average Bonchev–Trinajstić information content (AvgIpc) is 2.75. The van der Waals surface area contributed by atoms with Crippen molar-refractivity contribution < 1.29 is 19.3 Å². The van der Waals surface area contributed by atoms with Gasteiger partial charge in [-0.2, -0.15) is 4.89 Å². The van der Waals surface area contributed by atoms with Crippen molar-refractivity contribution in [1.82, 2.24) is 0 Å². The highest BCUT2D eigenvalue weighted by atomic mass is 17.2. The number of rotatable bonds is 16. The monoisotopic (exact) mass is 408 g/mol. The maximum atomic E-state index is 11.6. The van der Waals surface area contributed by atoms with E-state index in [0.717, 1.165) is 38.5 Å². The molecule has 0 rings (SSSR count). The van der Waals surface area contributed by atoms with Crippen LogP contribution in [-0.2, 0) is 19.3 Å². The fraction of sp³-hybridized carbons (Fsp3) is 0.577. The standard InChI is InChI=1S/C26H32O4/c1-3-5-7-9-11-13-15-20-24-29-30-25-21-17-16-19-23-28-26(27)22-18-14-12-10-8-6-4-2/h1H,4,6,8,10,12,14,16-19,21-23,25H2,2H3. The Bertz CT molecular complexity index is 729. The van der Waals surface area contributed by atoms with E-state index in [-0.39, 0.29) is 5.97 Å². The third-order valence-electron chi connectivity index (χ3n) is 3.97. The van der Waals surface area contributed by atoms with Gasteiger partial charge in [0.1, 0.15) is 0 Å². The first kappa shape index (κ1) is 27.0. The molecule has 30 heavy (non-hydrogen) atoms. The van der Waals surface area contributed by atoms with Crippen LogP contribution in [0.3, 0.4) is 0 Å². The zero-order chi connectivity index (χ0) is 22.0. The molecule has 0 N–H and O–H groups in total. The molecular formula is C26H32O4. The maximum absolute atomic E-state index is 11.6. The topological polar surface area (TPSA) is 44.8 Å². The number of ether oxygens (including phenoxy) is 1. The largest absolute Gasteiger partial charge is 0.466 e. The lowest BCUT2D eigenvalue weighted by atomic mass is 10.1. The van der Waals surface area contributed by atoms with E-state index >= 15 is 0 Å². The Kier molecular flexibility index (Phi) is 21.7. The third-order valence-corrected chi connectivity index (χ3v) is 3.97. The third kappa shape index (κ3) is 23.1. The molecule has 0 radical (unpaired) electrons. The Morgan fingerprint density at radius 2 is 1.27 bits per heavy atom. The van der Waals surface area contributed by atoms with Crippen LogP contribution in [0.4, 0.5) is 0 Å². The Morgan fingerprint density at radius 3 is 1.97 bits per heavy atom. The molecule has 0 aliphatic carbocycles. The molecule has 0 atom stereocenters. The van der Waals surface area contributed by atoms with Crippen LogP contribution in [0.5, 0.6) is 0 Å². The van der Waals surface area contributed by atoms with Crippen LogP contribution >= 0.6 is 0 Å². The van der Waals surface area contributed by atoms with Gasteiger partial charge in [-0.3, -0.25) is 9.68 Å². The smallest absolute Gasteiger partial charge is 0.305 e. The number of carbonyl (C=O) groups excluding carboxylic acids is 1. The maximum Gasteiger partial charge on any atom is 0.305 e. The Hall–Kier alpha value is -2.97. The lowest BCUT2D eigenvalue weighted by molar-refractivity contribution is -0.236. The highest BCUT2D eigenvalue weighted by Gasteiger charge is 2.02. The number of hydrogen-bond donors (Lipinski definition) is 0. The van der Waals surface area contributed by atoms with Gasteiger partial charge in [-0.25, -0.2) is 0 Å². The molecule has 0 aromatic rings. The Morgan fingerprint density at radius 1 is 0.700 bits per heavy atom. The summed E-state index contributed by atoms with van der Waals surface area (Å²) >= 11 is 0. The second-order valence-electron chi connectivity index (χ2n) is 6.53. The molecule has 160 valence electrons. The molecule has 0 fully saturated rings. The predicted octanol–water partition coefficient (Wildman–Crippen LogP) is 4.78. The second-order valence-corrected chi connectivity index (χ2v) is 6.53. The van der Waals surface area contributed by atoms with Gasteiger partial charge in [0.25, 0.3) is 0 Å². The Labute approximate surface area is 182 Å². The van der Waals surface area contributed by atoms with Crippen LogP contribution in [0.2, 0.25) is 0 Å². The van der Waals surface area contributed by atoms with E-state index in [0.29, 0.717) is 19.6 Å². The minimum Gasteiger partial charge on any atom is -0.466 e. The zero-order valence-corrected chi connectivity index (χ0v) is 18.1. The summed E-state index contributed by atoms with van der Waals surface area (Å²) in [6.45, 7) is 3.16. The van der Waals surface area contributed by atoms with Gasteiger partial charge >= 0.3 is 5.97 Å². The normalized spacial score (nSPS) is 8.53. The molecule has 4 nitrogen and oxygen atoms in total. The summed E-state index contributed by atoms with van der Waals surface area (Å²) in [5.41, 5.74) is 0. The Balaban J connectivity index is 3.39. The van der Waals surface area contributed by atoms with Crippen molar-refractivity contribution in [2.24, 2.45) is 0 Å². The summed E-state index contributed by atoms with van der Waals surface area (Å²) in [7, 11) is 0. The van der Waals surface area contributed by atoms with E-state index < -0.39 is 0 Å². The minimum absolute atomic E-state index is 0.0755. The number of carbonyl (C=O) groups is 1. The highest BCUT2D eigenvalue weighted by molar-refractivity contribution is 5.69. The number of esters is 1. The van der Waals surface area contributed by atoms with Crippen molar-refractivity contribution in [3.05, 3.63) is 0 Å². The first-order valence-electron chi connectivity index (χ1n) is 10.7. The molecule has 4 heteroatoms. The van der Waals surface area contributed by atoms with Gasteiger partial charge in [-0.1, -0.05) is 51.9 Å². The molecule has 0 spiro atoms. The average molecular weight is 409 g/mol. The fourth-order valence-corrected chi connectivity index (χ4v) is 2.41. The molecule has 0 saturated heterocycles. The van der Waals surface area contributed by atoms with Crippen LogP contribution < -0.4 is 0 Å². The molecule has 0 heterocycles. The molecular weight excluding hydrogens is 376 g/mol. The molecule has 0 amide bonds. The van der Waals surface area contributed by atoms with Gasteiger partial charge in [-0.15, -0.1) is 6.42 Å². The summed E-state index contributed by atoms with van der Waals surface area (Å²) < 4.78 is 5.25. The van der Waals surface area contributed by atoms with E-state index in [4.69, 9.17) is 16.0 Å². The van der Waals surface area contributed by atoms with E-state index in [2.05, 4.69) is 65.3 Å². The minimum atomic E-state index is -0.0755. The van der Waals surface area contributed by atoms with Crippen molar-refractivity contribution in [3.8, 4) is 59.9 Å². The zero-order valence-electron chi connectivity index (χ0n) is 18.1. The van der Waals surface area contributed by atoms with Gasteiger partial charge in [0.05, 0.1) is 13.2 Å². The molecule has 0 aromatic carbocycles. The van der Waals surface area contributed by atoms with Gasteiger partial charge in [0.2, 0.25) is 0 Å². The first-order valence-corrected chi connectivity index (χ1v) is 10.7. The van der Waals surface area contributed by atoms with E-state index in [1.54, 1.807) is 0 Å². The SMILES string of the molecule is C#CC#CC#CC#CC#COOCCCCCCOC(=O)CCCCCCCCC. The lowest BCUT2D eigenvalue weighted by Crippen LogP contribution is -2.05. The lowest BCUT2D eigenvalue weighted by Gasteiger charge is -2.05. The van der Waals surface area contributed by atoms with E-state index in [1.807, 2.05) is 0 Å². The van der Waals surface area contributed by atoms with Crippen LogP contribution in [0.15, 0.2) is 0 Å². The summed E-state index contributed by atoms with van der Waals surface area (Å²) in [6.07, 6.45) is 19.9. The first-order chi connectivity index (χ1) is 14.8. The van der Waals surface area contributed by atoms with Crippen molar-refractivity contribution in [3.63, 3.8) is 0 Å². The van der Waals surface area contributed by atoms with Crippen molar-refractivity contribution >= 4 is 5.97 Å². The van der Waals surface area contributed by atoms with Gasteiger partial charge < -0.3 is 4.74 Å². The second kappa shape index (κ2) is 24.1. The molecule has 0 unspecified atom stereocenters. The molecule has 0 aromatic heterocycles. The summed E-state index contributed by atoms with van der Waals surface area (Å²) in [5, 5.41) is 0. The number of unbranched alkanes of at least 4 members (excludes halogenated alkanes) is 9. The molecule has 0 aliphatic rings. The van der Waals surface area contributed by atoms with Gasteiger partial charge in [-0.05, 0) is 49.4 Å². The van der Waals surface area contributed by atoms with Crippen molar-refractivity contribution in [2.45, 2.75) is 84.0 Å². The molecule has 0 bridgehead atoms. The van der Waals surface area contributed by atoms with Gasteiger partial charge in [0.15, 0.2) is 6.11 Å². The molecule has 0 aliphatic heterocycles. The summed E-state index contributed by atoms with van der Waals surface area (Å²) in [4.78, 5) is 21.2. The van der Waals surface area contributed by atoms with Crippen LogP contribution in [0.25, 0.3) is 0 Å². The highest BCUT2D eigenvalue weighted by Crippen LogP contribution is 2.09.